The van der Waals surface area contributed by atoms with Crippen molar-refractivity contribution in [2.24, 2.45) is 10.2 Å². The summed E-state index contributed by atoms with van der Waals surface area (Å²) in [5, 5.41) is 8.22. The van der Waals surface area contributed by atoms with Crippen LogP contribution in [-0.2, 0) is 6.54 Å². The molecule has 0 aliphatic rings. The first kappa shape index (κ1) is 14.8. The van der Waals surface area contributed by atoms with E-state index in [1.807, 2.05) is 18.2 Å². The Kier molecular flexibility index (Phi) is 4.72. The van der Waals surface area contributed by atoms with Crippen LogP contribution in [0.25, 0.3) is 0 Å². The van der Waals surface area contributed by atoms with Gasteiger partial charge in [-0.1, -0.05) is 30.3 Å². The molecule has 0 fully saturated rings. The molecule has 0 saturated heterocycles. The Morgan fingerprint density at radius 3 is 2.19 bits per heavy atom. The minimum Gasteiger partial charge on any atom is -0.295 e. The van der Waals surface area contributed by atoms with E-state index in [4.69, 9.17) is 0 Å². The van der Waals surface area contributed by atoms with Crippen molar-refractivity contribution in [1.29, 1.82) is 0 Å². The molecule has 2 rings (SSSR count). The number of nitrogens with zero attached hydrogens (tertiary/aromatic N) is 2. The molecule has 0 saturated carbocycles. The number of Topliss-reactive ketones (excluding diaryl/α,β-unsaturated/α-hetero) is 2. The summed E-state index contributed by atoms with van der Waals surface area (Å²) in [6, 6.07) is 14.3. The standard InChI is InChI=1S/C17H16N2O2/c1-12(20)15-6-3-5-14(9-15)11-18-19-17-8-4-7-16(10-17)13(2)21/h3-10H,11H2,1-2H3. The summed E-state index contributed by atoms with van der Waals surface area (Å²) in [6.45, 7) is 3.45. The van der Waals surface area contributed by atoms with Gasteiger partial charge in [0.2, 0.25) is 0 Å². The fourth-order valence-electron chi connectivity index (χ4n) is 1.87. The first-order valence-electron chi connectivity index (χ1n) is 6.64. The number of rotatable bonds is 5. The second kappa shape index (κ2) is 6.70. The van der Waals surface area contributed by atoms with Gasteiger partial charge in [-0.25, -0.2) is 0 Å². The van der Waals surface area contributed by atoms with Gasteiger partial charge in [-0.3, -0.25) is 9.59 Å². The first-order chi connectivity index (χ1) is 10.1. The van der Waals surface area contributed by atoms with Gasteiger partial charge < -0.3 is 0 Å². The highest BCUT2D eigenvalue weighted by Crippen LogP contribution is 2.16. The van der Waals surface area contributed by atoms with Gasteiger partial charge >= 0.3 is 0 Å². The highest BCUT2D eigenvalue weighted by atomic mass is 16.1. The Morgan fingerprint density at radius 1 is 0.905 bits per heavy atom. The summed E-state index contributed by atoms with van der Waals surface area (Å²) in [6.07, 6.45) is 0. The molecule has 0 amide bonds. The molecule has 0 radical (unpaired) electrons. The van der Waals surface area contributed by atoms with Crippen LogP contribution in [0.2, 0.25) is 0 Å². The van der Waals surface area contributed by atoms with E-state index in [9.17, 15) is 9.59 Å². The lowest BCUT2D eigenvalue weighted by molar-refractivity contribution is 0.100. The monoisotopic (exact) mass is 280 g/mol. The van der Waals surface area contributed by atoms with E-state index in [1.165, 1.54) is 13.8 Å². The van der Waals surface area contributed by atoms with Gasteiger partial charge in [0.05, 0.1) is 12.2 Å². The predicted octanol–water partition coefficient (Wildman–Crippen LogP) is 4.38. The van der Waals surface area contributed by atoms with E-state index in [-0.39, 0.29) is 11.6 Å². The summed E-state index contributed by atoms with van der Waals surface area (Å²) in [5.41, 5.74) is 2.85. The molecule has 0 spiro atoms. The quantitative estimate of drug-likeness (QED) is 0.603. The first-order valence-corrected chi connectivity index (χ1v) is 6.64. The number of azo groups is 1. The van der Waals surface area contributed by atoms with Crippen LogP contribution in [-0.4, -0.2) is 11.6 Å². The molecule has 0 heterocycles. The molecule has 0 unspecified atom stereocenters. The molecular formula is C17H16N2O2. The van der Waals surface area contributed by atoms with Crippen LogP contribution >= 0.6 is 0 Å². The third kappa shape index (κ3) is 4.18. The third-order valence-electron chi connectivity index (χ3n) is 3.03. The van der Waals surface area contributed by atoms with Crippen molar-refractivity contribution in [1.82, 2.24) is 0 Å². The topological polar surface area (TPSA) is 58.9 Å². The molecule has 21 heavy (non-hydrogen) atoms. The maximum absolute atomic E-state index is 11.3. The van der Waals surface area contributed by atoms with E-state index >= 15 is 0 Å². The van der Waals surface area contributed by atoms with Crippen LogP contribution in [0.15, 0.2) is 58.8 Å². The van der Waals surface area contributed by atoms with Crippen molar-refractivity contribution in [2.75, 3.05) is 0 Å². The van der Waals surface area contributed by atoms with Gasteiger partial charge in [-0.15, -0.1) is 0 Å². The smallest absolute Gasteiger partial charge is 0.159 e. The van der Waals surface area contributed by atoms with Gasteiger partial charge in [-0.05, 0) is 37.6 Å². The van der Waals surface area contributed by atoms with Crippen LogP contribution in [0.4, 0.5) is 5.69 Å². The van der Waals surface area contributed by atoms with E-state index in [0.717, 1.165) is 5.56 Å². The summed E-state index contributed by atoms with van der Waals surface area (Å²) >= 11 is 0. The Hall–Kier alpha value is -2.62. The molecule has 4 heteroatoms. The van der Waals surface area contributed by atoms with Crippen molar-refractivity contribution in [3.05, 3.63) is 65.2 Å². The average molecular weight is 280 g/mol. The van der Waals surface area contributed by atoms with Crippen molar-refractivity contribution in [2.45, 2.75) is 20.4 Å². The molecule has 2 aromatic rings. The number of hydrogen-bond acceptors (Lipinski definition) is 4. The molecule has 0 aliphatic heterocycles. The SMILES string of the molecule is CC(=O)c1cccc(CN=Nc2cccc(C(C)=O)c2)c1. The minimum atomic E-state index is 0.00112. The van der Waals surface area contributed by atoms with E-state index in [1.54, 1.807) is 30.3 Å². The zero-order chi connectivity index (χ0) is 15.2. The van der Waals surface area contributed by atoms with Crippen LogP contribution in [0.1, 0.15) is 40.1 Å². The van der Waals surface area contributed by atoms with Crippen LogP contribution in [0.5, 0.6) is 0 Å². The Morgan fingerprint density at radius 2 is 1.52 bits per heavy atom. The second-order valence-corrected chi connectivity index (χ2v) is 4.76. The summed E-state index contributed by atoms with van der Waals surface area (Å²) < 4.78 is 0. The second-order valence-electron chi connectivity index (χ2n) is 4.76. The van der Waals surface area contributed by atoms with Gasteiger partial charge in [0.1, 0.15) is 0 Å². The Labute approximate surface area is 123 Å². The van der Waals surface area contributed by atoms with Gasteiger partial charge in [0.15, 0.2) is 11.6 Å². The highest BCUT2D eigenvalue weighted by molar-refractivity contribution is 5.95. The zero-order valence-electron chi connectivity index (χ0n) is 12.0. The van der Waals surface area contributed by atoms with Crippen LogP contribution < -0.4 is 0 Å². The Bertz CT molecular complexity index is 705. The fourth-order valence-corrected chi connectivity index (χ4v) is 1.87. The lowest BCUT2D eigenvalue weighted by Gasteiger charge is -2.00. The summed E-state index contributed by atoms with van der Waals surface area (Å²) in [5.74, 6) is 0.0316. The molecule has 0 aromatic heterocycles. The number of carbonyl (C=O) groups excluding carboxylic acids is 2. The van der Waals surface area contributed by atoms with Crippen LogP contribution in [0, 0.1) is 0 Å². The van der Waals surface area contributed by atoms with Crippen molar-refractivity contribution < 1.29 is 9.59 Å². The third-order valence-corrected chi connectivity index (χ3v) is 3.03. The molecule has 0 bridgehead atoms. The van der Waals surface area contributed by atoms with Gasteiger partial charge in [0, 0.05) is 11.1 Å². The Balaban J connectivity index is 2.09. The van der Waals surface area contributed by atoms with Crippen molar-refractivity contribution in [3.8, 4) is 0 Å². The molecule has 2 aromatic carbocycles. The average Bonchev–Trinajstić information content (AvgIpc) is 2.48. The zero-order valence-corrected chi connectivity index (χ0v) is 12.0. The number of carbonyl (C=O) groups is 2. The molecule has 0 atom stereocenters. The predicted molar refractivity (Wildman–Crippen MR) is 81.1 cm³/mol. The number of benzene rings is 2. The largest absolute Gasteiger partial charge is 0.295 e. The molecule has 106 valence electrons. The molecule has 0 N–H and O–H groups in total. The van der Waals surface area contributed by atoms with Gasteiger partial charge in [0.25, 0.3) is 0 Å². The highest BCUT2D eigenvalue weighted by Gasteiger charge is 2.01. The maximum Gasteiger partial charge on any atom is 0.159 e. The molecular weight excluding hydrogens is 264 g/mol. The number of ketones is 2. The van der Waals surface area contributed by atoms with Crippen molar-refractivity contribution in [3.63, 3.8) is 0 Å². The van der Waals surface area contributed by atoms with Crippen molar-refractivity contribution >= 4 is 17.3 Å². The molecule has 4 nitrogen and oxygen atoms in total. The van der Waals surface area contributed by atoms with Crippen LogP contribution in [0.3, 0.4) is 0 Å². The normalized spacial score (nSPS) is 10.8. The summed E-state index contributed by atoms with van der Waals surface area (Å²) in [7, 11) is 0. The molecule has 0 aliphatic carbocycles. The maximum atomic E-state index is 11.3. The lowest BCUT2D eigenvalue weighted by Crippen LogP contribution is -1.93. The fraction of sp³-hybridized carbons (Fsp3) is 0.176. The summed E-state index contributed by atoms with van der Waals surface area (Å²) in [4.78, 5) is 22.6. The lowest BCUT2D eigenvalue weighted by atomic mass is 10.1. The van der Waals surface area contributed by atoms with E-state index < -0.39 is 0 Å². The minimum absolute atomic E-state index is 0.00112. The van der Waals surface area contributed by atoms with E-state index in [2.05, 4.69) is 10.2 Å². The van der Waals surface area contributed by atoms with E-state index in [0.29, 0.717) is 23.4 Å². The number of hydrogen-bond donors (Lipinski definition) is 0. The van der Waals surface area contributed by atoms with Gasteiger partial charge in [-0.2, -0.15) is 10.2 Å².